The molecule has 0 unspecified atom stereocenters. The van der Waals surface area contributed by atoms with E-state index in [2.05, 4.69) is 0 Å². The zero-order valence-corrected chi connectivity index (χ0v) is 6.33. The number of carbonyl (C=O) groups is 1. The maximum atomic E-state index is 11.0. The highest BCUT2D eigenvalue weighted by Gasteiger charge is 2.02. The predicted molar refractivity (Wildman–Crippen MR) is 41.0 cm³/mol. The fourth-order valence-corrected chi connectivity index (χ4v) is 0.918. The van der Waals surface area contributed by atoms with E-state index in [9.17, 15) is 9.90 Å². The highest BCUT2D eigenvalue weighted by molar-refractivity contribution is 5.78. The Kier molecular flexibility index (Phi) is 2.26. The summed E-state index contributed by atoms with van der Waals surface area (Å²) in [6.45, 7) is 1.48. The fraction of sp³-hybridized carbons (Fsp3) is 0.222. The minimum Gasteiger partial charge on any atom is -0.300 e. The van der Waals surface area contributed by atoms with Gasteiger partial charge < -0.3 is 0 Å². The number of ketones is 1. The average Bonchev–Trinajstić information content (AvgIpc) is 1.93. The molecule has 11 heavy (non-hydrogen) atoms. The van der Waals surface area contributed by atoms with Gasteiger partial charge in [-0.15, -0.1) is 0 Å². The Morgan fingerprint density at radius 2 is 2.00 bits per heavy atom. The summed E-state index contributed by atoms with van der Waals surface area (Å²) in [6, 6.07) is 6.59. The molecule has 0 aromatic heterocycles. The molecule has 0 saturated carbocycles. The van der Waals surface area contributed by atoms with Crippen LogP contribution in [0.15, 0.2) is 24.3 Å². The fourth-order valence-electron chi connectivity index (χ4n) is 0.918. The standard InChI is InChI=1S/C9H9O2/c1-7(10)6-8-4-2-3-5-9(8)11/h2-5H,6H2,1H3. The number of benzene rings is 1. The highest BCUT2D eigenvalue weighted by Crippen LogP contribution is 2.16. The molecule has 57 valence electrons. The van der Waals surface area contributed by atoms with Crippen LogP contribution in [0.4, 0.5) is 0 Å². The lowest BCUT2D eigenvalue weighted by molar-refractivity contribution is -0.116. The second-order valence-electron chi connectivity index (χ2n) is 2.49. The summed E-state index contributed by atoms with van der Waals surface area (Å²) in [4.78, 5) is 10.6. The van der Waals surface area contributed by atoms with E-state index < -0.39 is 0 Å². The van der Waals surface area contributed by atoms with Gasteiger partial charge in [-0.1, -0.05) is 18.2 Å². The largest absolute Gasteiger partial charge is 0.300 e. The van der Waals surface area contributed by atoms with Crippen molar-refractivity contribution in [3.05, 3.63) is 29.8 Å². The molecule has 0 aliphatic heterocycles. The van der Waals surface area contributed by atoms with E-state index in [1.54, 1.807) is 18.2 Å². The van der Waals surface area contributed by atoms with Gasteiger partial charge in [-0.2, -0.15) is 0 Å². The van der Waals surface area contributed by atoms with E-state index in [0.29, 0.717) is 5.56 Å². The van der Waals surface area contributed by atoms with Crippen molar-refractivity contribution in [1.29, 1.82) is 0 Å². The maximum Gasteiger partial charge on any atom is 0.182 e. The number of para-hydroxylation sites is 1. The molecule has 1 radical (unpaired) electrons. The van der Waals surface area contributed by atoms with Crippen LogP contribution in [0.25, 0.3) is 0 Å². The van der Waals surface area contributed by atoms with E-state index in [4.69, 9.17) is 0 Å². The van der Waals surface area contributed by atoms with Gasteiger partial charge in [0.15, 0.2) is 5.75 Å². The monoisotopic (exact) mass is 149 g/mol. The summed E-state index contributed by atoms with van der Waals surface area (Å²) >= 11 is 0. The van der Waals surface area contributed by atoms with Gasteiger partial charge in [-0.3, -0.25) is 9.90 Å². The topological polar surface area (TPSA) is 37.0 Å². The first-order chi connectivity index (χ1) is 5.20. The van der Waals surface area contributed by atoms with Gasteiger partial charge in [-0.25, -0.2) is 0 Å². The van der Waals surface area contributed by atoms with Crippen LogP contribution >= 0.6 is 0 Å². The van der Waals surface area contributed by atoms with Crippen molar-refractivity contribution >= 4 is 5.78 Å². The van der Waals surface area contributed by atoms with Gasteiger partial charge in [0.05, 0.1) is 0 Å². The molecule has 0 amide bonds. The molecule has 0 bridgehead atoms. The smallest absolute Gasteiger partial charge is 0.182 e. The van der Waals surface area contributed by atoms with Crippen molar-refractivity contribution in [1.82, 2.24) is 0 Å². The van der Waals surface area contributed by atoms with Gasteiger partial charge in [0.25, 0.3) is 0 Å². The van der Waals surface area contributed by atoms with Crippen LogP contribution in [0.1, 0.15) is 12.5 Å². The van der Waals surface area contributed by atoms with Crippen molar-refractivity contribution in [2.45, 2.75) is 13.3 Å². The molecule has 1 rings (SSSR count). The molecule has 0 aliphatic rings. The van der Waals surface area contributed by atoms with Crippen LogP contribution in [-0.2, 0) is 16.3 Å². The number of Topliss-reactive ketones (excluding diaryl/α,β-unsaturated/α-hetero) is 1. The molecule has 0 N–H and O–H groups in total. The Morgan fingerprint density at radius 3 is 2.55 bits per heavy atom. The first-order valence-electron chi connectivity index (χ1n) is 3.44. The van der Waals surface area contributed by atoms with Crippen LogP contribution in [0.2, 0.25) is 0 Å². The van der Waals surface area contributed by atoms with Crippen molar-refractivity contribution in [3.8, 4) is 5.75 Å². The summed E-state index contributed by atoms with van der Waals surface area (Å²) in [6.07, 6.45) is 0.250. The molecule has 2 heteroatoms. The van der Waals surface area contributed by atoms with Crippen molar-refractivity contribution in [2.24, 2.45) is 0 Å². The summed E-state index contributed by atoms with van der Waals surface area (Å²) in [5, 5.41) is 11.0. The minimum atomic E-state index is -0.0531. The van der Waals surface area contributed by atoms with Crippen molar-refractivity contribution < 1.29 is 9.90 Å². The quantitative estimate of drug-likeness (QED) is 0.633. The Balaban J connectivity index is 2.86. The van der Waals surface area contributed by atoms with Crippen LogP contribution in [0.3, 0.4) is 0 Å². The molecule has 0 atom stereocenters. The number of hydrogen-bond acceptors (Lipinski definition) is 1. The zero-order valence-electron chi connectivity index (χ0n) is 6.33. The van der Waals surface area contributed by atoms with E-state index in [-0.39, 0.29) is 18.0 Å². The van der Waals surface area contributed by atoms with E-state index in [1.807, 2.05) is 0 Å². The Bertz CT molecular complexity index is 266. The van der Waals surface area contributed by atoms with Gasteiger partial charge in [0.2, 0.25) is 0 Å². The number of rotatable bonds is 2. The lowest BCUT2D eigenvalue weighted by Gasteiger charge is -1.96. The molecule has 0 fully saturated rings. The molecule has 2 nitrogen and oxygen atoms in total. The maximum absolute atomic E-state index is 11.0. The molecule has 0 saturated heterocycles. The zero-order chi connectivity index (χ0) is 8.27. The van der Waals surface area contributed by atoms with Crippen molar-refractivity contribution in [3.63, 3.8) is 0 Å². The SMILES string of the molecule is CC(=O)Cc1ccccc1[O]. The third-order valence-corrected chi connectivity index (χ3v) is 1.41. The molecule has 0 spiro atoms. The van der Waals surface area contributed by atoms with E-state index >= 15 is 0 Å². The first kappa shape index (κ1) is 7.79. The summed E-state index contributed by atoms with van der Waals surface area (Å²) in [5.74, 6) is -0.0315. The molecule has 0 heterocycles. The summed E-state index contributed by atoms with van der Waals surface area (Å²) in [5.41, 5.74) is 0.583. The van der Waals surface area contributed by atoms with E-state index in [0.717, 1.165) is 0 Å². The Morgan fingerprint density at radius 1 is 1.36 bits per heavy atom. The number of carbonyl (C=O) groups excluding carboxylic acids is 1. The second kappa shape index (κ2) is 3.19. The molecular weight excluding hydrogens is 140 g/mol. The molecule has 1 aromatic carbocycles. The van der Waals surface area contributed by atoms with Crippen LogP contribution in [0, 0.1) is 0 Å². The third-order valence-electron chi connectivity index (χ3n) is 1.41. The van der Waals surface area contributed by atoms with Gasteiger partial charge in [-0.05, 0) is 13.0 Å². The van der Waals surface area contributed by atoms with Gasteiger partial charge in [0, 0.05) is 12.0 Å². The predicted octanol–water partition coefficient (Wildman–Crippen LogP) is 1.96. The average molecular weight is 149 g/mol. The van der Waals surface area contributed by atoms with Crippen molar-refractivity contribution in [2.75, 3.05) is 0 Å². The lowest BCUT2D eigenvalue weighted by Crippen LogP contribution is -1.95. The lowest BCUT2D eigenvalue weighted by atomic mass is 10.1. The summed E-state index contributed by atoms with van der Waals surface area (Å²) in [7, 11) is 0. The summed E-state index contributed by atoms with van der Waals surface area (Å²) < 4.78 is 0. The molecule has 1 aromatic rings. The molecule has 0 aliphatic carbocycles. The third kappa shape index (κ3) is 2.08. The van der Waals surface area contributed by atoms with Crippen LogP contribution in [-0.4, -0.2) is 5.78 Å². The van der Waals surface area contributed by atoms with Crippen LogP contribution in [0.5, 0.6) is 5.75 Å². The Labute approximate surface area is 65.5 Å². The van der Waals surface area contributed by atoms with Gasteiger partial charge in [0.1, 0.15) is 5.78 Å². The highest BCUT2D eigenvalue weighted by atomic mass is 16.3. The second-order valence-corrected chi connectivity index (χ2v) is 2.49. The van der Waals surface area contributed by atoms with E-state index in [1.165, 1.54) is 13.0 Å². The minimum absolute atomic E-state index is 0.0216. The first-order valence-corrected chi connectivity index (χ1v) is 3.44. The van der Waals surface area contributed by atoms with Crippen LogP contribution < -0.4 is 0 Å². The normalized spacial score (nSPS) is 9.55. The number of hydrogen-bond donors (Lipinski definition) is 0. The Hall–Kier alpha value is -1.31. The van der Waals surface area contributed by atoms with Gasteiger partial charge >= 0.3 is 0 Å². The molecular formula is C9H9O2.